The molecular formula is C16H21N3S. The summed E-state index contributed by atoms with van der Waals surface area (Å²) in [5, 5.41) is 7.36. The molecule has 1 aliphatic carbocycles. The van der Waals surface area contributed by atoms with Gasteiger partial charge in [-0.3, -0.25) is 9.67 Å². The first-order chi connectivity index (χ1) is 9.74. The molecule has 1 aromatic heterocycles. The molecule has 106 valence electrons. The van der Waals surface area contributed by atoms with E-state index in [2.05, 4.69) is 33.8 Å². The minimum Gasteiger partial charge on any atom is -0.300 e. The van der Waals surface area contributed by atoms with Gasteiger partial charge in [-0.25, -0.2) is 0 Å². The molecule has 0 radical (unpaired) electrons. The molecule has 0 aliphatic heterocycles. The van der Waals surface area contributed by atoms with E-state index in [4.69, 9.17) is 12.2 Å². The second-order valence-corrected chi connectivity index (χ2v) is 6.34. The zero-order valence-electron chi connectivity index (χ0n) is 11.9. The van der Waals surface area contributed by atoms with Crippen LogP contribution in [0.3, 0.4) is 0 Å². The fourth-order valence-corrected chi connectivity index (χ4v) is 3.27. The van der Waals surface area contributed by atoms with Gasteiger partial charge < -0.3 is 0 Å². The third-order valence-electron chi connectivity index (χ3n) is 4.37. The summed E-state index contributed by atoms with van der Waals surface area (Å²) < 4.78 is 2.91. The molecule has 3 rings (SSSR count). The lowest BCUT2D eigenvalue weighted by Gasteiger charge is -2.26. The van der Waals surface area contributed by atoms with Crippen LogP contribution in [0, 0.1) is 16.6 Å². The normalized spacial score (nSPS) is 22.9. The second kappa shape index (κ2) is 5.92. The van der Waals surface area contributed by atoms with E-state index in [-0.39, 0.29) is 0 Å². The highest BCUT2D eigenvalue weighted by Gasteiger charge is 2.20. The zero-order chi connectivity index (χ0) is 13.9. The van der Waals surface area contributed by atoms with Crippen molar-refractivity contribution in [3.8, 4) is 11.4 Å². The third kappa shape index (κ3) is 2.85. The molecule has 20 heavy (non-hydrogen) atoms. The lowest BCUT2D eigenvalue weighted by molar-refractivity contribution is 0.264. The van der Waals surface area contributed by atoms with Crippen molar-refractivity contribution in [2.24, 2.45) is 11.8 Å². The molecule has 0 spiro atoms. The number of benzene rings is 1. The number of rotatable bonds is 3. The van der Waals surface area contributed by atoms with Crippen molar-refractivity contribution in [2.45, 2.75) is 39.2 Å². The van der Waals surface area contributed by atoms with Gasteiger partial charge in [0.1, 0.15) is 0 Å². The van der Waals surface area contributed by atoms with Crippen molar-refractivity contribution < 1.29 is 0 Å². The topological polar surface area (TPSA) is 33.6 Å². The highest BCUT2D eigenvalue weighted by atomic mass is 32.1. The Balaban J connectivity index is 1.83. The number of aromatic nitrogens is 3. The SMILES string of the molecule is CC1CCC(Cn2c(-c3ccccc3)n[nH]c2=S)CC1. The number of aromatic amines is 1. The van der Waals surface area contributed by atoms with Gasteiger partial charge in [0.05, 0.1) is 0 Å². The second-order valence-electron chi connectivity index (χ2n) is 5.95. The number of hydrogen-bond acceptors (Lipinski definition) is 2. The van der Waals surface area contributed by atoms with E-state index >= 15 is 0 Å². The van der Waals surface area contributed by atoms with Crippen LogP contribution in [-0.4, -0.2) is 14.8 Å². The summed E-state index contributed by atoms with van der Waals surface area (Å²) in [7, 11) is 0. The van der Waals surface area contributed by atoms with Crippen LogP contribution in [0.4, 0.5) is 0 Å². The number of nitrogens with zero attached hydrogens (tertiary/aromatic N) is 2. The Labute approximate surface area is 125 Å². The lowest BCUT2D eigenvalue weighted by Crippen LogP contribution is -2.18. The van der Waals surface area contributed by atoms with E-state index in [1.54, 1.807) is 0 Å². The third-order valence-corrected chi connectivity index (χ3v) is 4.68. The van der Waals surface area contributed by atoms with Gasteiger partial charge in [0.2, 0.25) is 0 Å². The monoisotopic (exact) mass is 287 g/mol. The summed E-state index contributed by atoms with van der Waals surface area (Å²) in [5.41, 5.74) is 1.13. The van der Waals surface area contributed by atoms with E-state index in [1.807, 2.05) is 18.2 Å². The highest BCUT2D eigenvalue weighted by molar-refractivity contribution is 7.71. The van der Waals surface area contributed by atoms with Crippen molar-refractivity contribution in [3.05, 3.63) is 35.1 Å². The molecule has 4 heteroatoms. The molecule has 0 amide bonds. The summed E-state index contributed by atoms with van der Waals surface area (Å²) in [5.74, 6) is 2.59. The Bertz CT molecular complexity index is 606. The van der Waals surface area contributed by atoms with Crippen LogP contribution in [0.25, 0.3) is 11.4 Å². The molecule has 0 atom stereocenters. The van der Waals surface area contributed by atoms with Crippen molar-refractivity contribution >= 4 is 12.2 Å². The first-order valence-corrected chi connectivity index (χ1v) is 7.85. The maximum absolute atomic E-state index is 5.41. The van der Waals surface area contributed by atoms with Gasteiger partial charge in [0.25, 0.3) is 0 Å². The van der Waals surface area contributed by atoms with Crippen molar-refractivity contribution in [1.29, 1.82) is 0 Å². The summed E-state index contributed by atoms with van der Waals surface area (Å²) in [6.45, 7) is 3.35. The highest BCUT2D eigenvalue weighted by Crippen LogP contribution is 2.30. The maximum atomic E-state index is 5.41. The van der Waals surface area contributed by atoms with E-state index in [1.165, 1.54) is 25.7 Å². The molecule has 1 aliphatic rings. The van der Waals surface area contributed by atoms with E-state index in [0.717, 1.165) is 34.5 Å². The Hall–Kier alpha value is -1.42. The summed E-state index contributed by atoms with van der Waals surface area (Å²) in [4.78, 5) is 0. The quantitative estimate of drug-likeness (QED) is 0.847. The van der Waals surface area contributed by atoms with Gasteiger partial charge in [0, 0.05) is 12.1 Å². The lowest BCUT2D eigenvalue weighted by atomic mass is 9.83. The van der Waals surface area contributed by atoms with Gasteiger partial charge in [-0.2, -0.15) is 5.10 Å². The Morgan fingerprint density at radius 2 is 1.90 bits per heavy atom. The first kappa shape index (κ1) is 13.6. The minimum atomic E-state index is 0.734. The van der Waals surface area contributed by atoms with Crippen molar-refractivity contribution in [3.63, 3.8) is 0 Å². The number of hydrogen-bond donors (Lipinski definition) is 1. The van der Waals surface area contributed by atoms with Crippen LogP contribution in [0.15, 0.2) is 30.3 Å². The van der Waals surface area contributed by atoms with Gasteiger partial charge >= 0.3 is 0 Å². The van der Waals surface area contributed by atoms with Crippen LogP contribution < -0.4 is 0 Å². The van der Waals surface area contributed by atoms with E-state index in [0.29, 0.717) is 0 Å². The molecule has 0 saturated heterocycles. The van der Waals surface area contributed by atoms with Gasteiger partial charge in [-0.15, -0.1) is 0 Å². The summed E-state index contributed by atoms with van der Waals surface area (Å²) in [6, 6.07) is 10.3. The average Bonchev–Trinajstić information content (AvgIpc) is 2.84. The molecule has 1 fully saturated rings. The molecule has 1 saturated carbocycles. The molecule has 0 bridgehead atoms. The van der Waals surface area contributed by atoms with Gasteiger partial charge in [0.15, 0.2) is 10.6 Å². The molecular weight excluding hydrogens is 266 g/mol. The van der Waals surface area contributed by atoms with Crippen LogP contribution in [-0.2, 0) is 6.54 Å². The maximum Gasteiger partial charge on any atom is 0.195 e. The fourth-order valence-electron chi connectivity index (χ4n) is 3.06. The van der Waals surface area contributed by atoms with Crippen LogP contribution in [0.1, 0.15) is 32.6 Å². The molecule has 3 nitrogen and oxygen atoms in total. The standard InChI is InChI=1S/C16H21N3S/c1-12-7-9-13(10-8-12)11-19-15(17-18-16(19)20)14-5-3-2-4-6-14/h2-6,12-13H,7-11H2,1H3,(H,18,20). The van der Waals surface area contributed by atoms with Crippen LogP contribution in [0.5, 0.6) is 0 Å². The van der Waals surface area contributed by atoms with Gasteiger partial charge in [-0.1, -0.05) is 50.1 Å². The zero-order valence-corrected chi connectivity index (χ0v) is 12.7. The molecule has 1 aromatic carbocycles. The minimum absolute atomic E-state index is 0.734. The fraction of sp³-hybridized carbons (Fsp3) is 0.500. The molecule has 1 N–H and O–H groups in total. The average molecular weight is 287 g/mol. The number of nitrogens with one attached hydrogen (secondary N) is 1. The molecule has 1 heterocycles. The van der Waals surface area contributed by atoms with E-state index < -0.39 is 0 Å². The Morgan fingerprint density at radius 3 is 2.60 bits per heavy atom. The van der Waals surface area contributed by atoms with Crippen molar-refractivity contribution in [2.75, 3.05) is 0 Å². The Kier molecular flexibility index (Phi) is 4.01. The largest absolute Gasteiger partial charge is 0.300 e. The summed E-state index contributed by atoms with van der Waals surface area (Å²) in [6.07, 6.45) is 5.30. The van der Waals surface area contributed by atoms with Crippen LogP contribution in [0.2, 0.25) is 0 Å². The molecule has 2 aromatic rings. The number of H-pyrrole nitrogens is 1. The molecule has 0 unspecified atom stereocenters. The predicted octanol–water partition coefficient (Wildman–Crippen LogP) is 4.43. The van der Waals surface area contributed by atoms with E-state index in [9.17, 15) is 0 Å². The Morgan fingerprint density at radius 1 is 1.20 bits per heavy atom. The van der Waals surface area contributed by atoms with Crippen LogP contribution >= 0.6 is 12.2 Å². The predicted molar refractivity (Wildman–Crippen MR) is 84.0 cm³/mol. The van der Waals surface area contributed by atoms with Crippen molar-refractivity contribution in [1.82, 2.24) is 14.8 Å². The smallest absolute Gasteiger partial charge is 0.195 e. The summed E-state index contributed by atoms with van der Waals surface area (Å²) >= 11 is 5.41. The first-order valence-electron chi connectivity index (χ1n) is 7.44. The van der Waals surface area contributed by atoms with Gasteiger partial charge in [-0.05, 0) is 36.9 Å².